The Hall–Kier alpha value is -2.89. The average molecular weight is 362 g/mol. The summed E-state index contributed by atoms with van der Waals surface area (Å²) in [6.45, 7) is 0. The summed E-state index contributed by atoms with van der Waals surface area (Å²) < 4.78 is 7.87. The predicted molar refractivity (Wildman–Crippen MR) is 103 cm³/mol. The fourth-order valence-electron chi connectivity index (χ4n) is 3.64. The van der Waals surface area contributed by atoms with Gasteiger partial charge >= 0.3 is 0 Å². The van der Waals surface area contributed by atoms with Gasteiger partial charge in [0.2, 0.25) is 5.91 Å². The Labute approximate surface area is 157 Å². The van der Waals surface area contributed by atoms with Crippen LogP contribution in [0.15, 0.2) is 42.6 Å². The van der Waals surface area contributed by atoms with Crippen molar-refractivity contribution in [3.05, 3.63) is 48.3 Å². The van der Waals surface area contributed by atoms with Gasteiger partial charge in [-0.3, -0.25) is 14.5 Å². The van der Waals surface area contributed by atoms with Crippen molar-refractivity contribution in [1.29, 1.82) is 0 Å². The van der Waals surface area contributed by atoms with Crippen LogP contribution in [0.5, 0.6) is 5.75 Å². The minimum Gasteiger partial charge on any atom is -0.488 e. The molecule has 138 valence electrons. The van der Waals surface area contributed by atoms with Crippen molar-refractivity contribution < 1.29 is 9.53 Å². The molecule has 3 aromatic rings. The fraction of sp³-hybridized carbons (Fsp3) is 0.381. The maximum Gasteiger partial charge on any atom is 0.228 e. The number of fused-ring (bicyclic) bond motifs is 1. The molecule has 2 aromatic heterocycles. The zero-order valence-electron chi connectivity index (χ0n) is 15.3. The monoisotopic (exact) mass is 362 g/mol. The van der Waals surface area contributed by atoms with Crippen LogP contribution in [0.2, 0.25) is 0 Å². The molecule has 0 radical (unpaired) electrons. The van der Waals surface area contributed by atoms with E-state index >= 15 is 0 Å². The van der Waals surface area contributed by atoms with E-state index in [0.717, 1.165) is 41.0 Å². The number of anilines is 1. The molecule has 1 N–H and O–H groups in total. The van der Waals surface area contributed by atoms with Gasteiger partial charge in [-0.2, -0.15) is 5.10 Å². The number of aromatic nitrogens is 3. The molecule has 27 heavy (non-hydrogen) atoms. The minimum absolute atomic E-state index is 0.0165. The molecule has 2 heterocycles. The fourth-order valence-corrected chi connectivity index (χ4v) is 3.64. The molecule has 0 atom stereocenters. The van der Waals surface area contributed by atoms with Crippen molar-refractivity contribution in [3.8, 4) is 5.75 Å². The van der Waals surface area contributed by atoms with Crippen molar-refractivity contribution in [1.82, 2.24) is 14.8 Å². The highest BCUT2D eigenvalue weighted by atomic mass is 16.5. The smallest absolute Gasteiger partial charge is 0.228 e. The third-order valence-corrected chi connectivity index (χ3v) is 5.50. The third kappa shape index (κ3) is 3.16. The van der Waals surface area contributed by atoms with Crippen molar-refractivity contribution in [2.24, 2.45) is 13.0 Å². The molecule has 0 saturated heterocycles. The lowest BCUT2D eigenvalue weighted by atomic mass is 9.81. The normalized spacial score (nSPS) is 21.7. The second-order valence-electron chi connectivity index (χ2n) is 7.58. The van der Waals surface area contributed by atoms with Crippen LogP contribution >= 0.6 is 0 Å². The predicted octanol–water partition coefficient (Wildman–Crippen LogP) is 3.64. The second-order valence-corrected chi connectivity index (χ2v) is 7.58. The highest BCUT2D eigenvalue weighted by molar-refractivity contribution is 5.92. The van der Waals surface area contributed by atoms with Crippen molar-refractivity contribution in [2.45, 2.75) is 37.7 Å². The van der Waals surface area contributed by atoms with E-state index in [1.54, 1.807) is 10.9 Å². The molecule has 5 rings (SSSR count). The zero-order valence-corrected chi connectivity index (χ0v) is 15.3. The summed E-state index contributed by atoms with van der Waals surface area (Å²) in [5.74, 6) is 2.19. The first kappa shape index (κ1) is 16.3. The number of hydrogen-bond acceptors (Lipinski definition) is 4. The first-order chi connectivity index (χ1) is 13.2. The quantitative estimate of drug-likeness (QED) is 0.752. The molecule has 2 saturated carbocycles. The van der Waals surface area contributed by atoms with Crippen molar-refractivity contribution >= 4 is 22.6 Å². The Bertz CT molecular complexity index is 997. The number of hydrogen-bond donors (Lipinski definition) is 1. The molecule has 0 aliphatic heterocycles. The molecule has 0 unspecified atom stereocenters. The SMILES string of the molecule is Cn1nc(C2CC2)cc1NC(=O)[C@H]1C[C@H](Oc2cccc3cccnc23)C1. The lowest BCUT2D eigenvalue weighted by molar-refractivity contribution is -0.125. The van der Waals surface area contributed by atoms with E-state index in [4.69, 9.17) is 4.74 Å². The van der Waals surface area contributed by atoms with Gasteiger partial charge in [-0.25, -0.2) is 0 Å². The lowest BCUT2D eigenvalue weighted by Gasteiger charge is -2.34. The van der Waals surface area contributed by atoms with Crippen LogP contribution < -0.4 is 10.1 Å². The van der Waals surface area contributed by atoms with Gasteiger partial charge in [-0.15, -0.1) is 0 Å². The van der Waals surface area contributed by atoms with E-state index in [2.05, 4.69) is 15.4 Å². The van der Waals surface area contributed by atoms with Crippen molar-refractivity contribution in [2.75, 3.05) is 5.32 Å². The Morgan fingerprint density at radius 2 is 2.04 bits per heavy atom. The number of carbonyl (C=O) groups excluding carboxylic acids is 1. The number of benzene rings is 1. The van der Waals surface area contributed by atoms with Crippen LogP contribution in [0.4, 0.5) is 5.82 Å². The lowest BCUT2D eigenvalue weighted by Crippen LogP contribution is -2.41. The molecular formula is C21H22N4O2. The maximum atomic E-state index is 12.5. The summed E-state index contributed by atoms with van der Waals surface area (Å²) in [4.78, 5) is 17.0. The molecule has 1 aromatic carbocycles. The van der Waals surface area contributed by atoms with E-state index < -0.39 is 0 Å². The summed E-state index contributed by atoms with van der Waals surface area (Å²) in [5, 5.41) is 8.58. The topological polar surface area (TPSA) is 69.0 Å². The molecule has 2 fully saturated rings. The Balaban J connectivity index is 1.20. The third-order valence-electron chi connectivity index (χ3n) is 5.50. The zero-order chi connectivity index (χ0) is 18.4. The first-order valence-electron chi connectivity index (χ1n) is 9.52. The molecular weight excluding hydrogens is 340 g/mol. The molecule has 1 amide bonds. The Kier molecular flexibility index (Phi) is 3.85. The van der Waals surface area contributed by atoms with Crippen LogP contribution in [0, 0.1) is 5.92 Å². The largest absolute Gasteiger partial charge is 0.488 e. The van der Waals surface area contributed by atoms with Gasteiger partial charge in [0.25, 0.3) is 0 Å². The van der Waals surface area contributed by atoms with Crippen molar-refractivity contribution in [3.63, 3.8) is 0 Å². The summed E-state index contributed by atoms with van der Waals surface area (Å²) in [5.41, 5.74) is 1.96. The minimum atomic E-state index is -0.0165. The number of nitrogens with zero attached hydrogens (tertiary/aromatic N) is 3. The molecule has 6 heteroatoms. The number of aryl methyl sites for hydroxylation is 1. The molecule has 0 bridgehead atoms. The van der Waals surface area contributed by atoms with Crippen LogP contribution in [0.25, 0.3) is 10.9 Å². The summed E-state index contributed by atoms with van der Waals surface area (Å²) in [6, 6.07) is 11.9. The Morgan fingerprint density at radius 3 is 2.85 bits per heavy atom. The molecule has 6 nitrogen and oxygen atoms in total. The summed E-state index contributed by atoms with van der Waals surface area (Å²) >= 11 is 0. The van der Waals surface area contributed by atoms with Gasteiger partial charge in [0, 0.05) is 36.5 Å². The highest BCUT2D eigenvalue weighted by Crippen LogP contribution is 2.40. The highest BCUT2D eigenvalue weighted by Gasteiger charge is 2.37. The molecule has 2 aliphatic carbocycles. The maximum absolute atomic E-state index is 12.5. The van der Waals surface area contributed by atoms with E-state index in [9.17, 15) is 4.79 Å². The Morgan fingerprint density at radius 1 is 1.22 bits per heavy atom. The summed E-state index contributed by atoms with van der Waals surface area (Å²) in [6.07, 6.45) is 5.69. The van der Waals surface area contributed by atoms with Crippen LogP contribution in [0.3, 0.4) is 0 Å². The van der Waals surface area contributed by atoms with Crippen LogP contribution in [-0.4, -0.2) is 26.8 Å². The van der Waals surface area contributed by atoms with Gasteiger partial charge < -0.3 is 10.1 Å². The molecule has 0 spiro atoms. The number of pyridine rings is 1. The second kappa shape index (κ2) is 6.37. The van der Waals surface area contributed by atoms with Gasteiger partial charge in [0.1, 0.15) is 23.2 Å². The number of rotatable bonds is 5. The van der Waals surface area contributed by atoms with Gasteiger partial charge in [-0.05, 0) is 37.8 Å². The average Bonchev–Trinajstić information content (AvgIpc) is 3.42. The number of amides is 1. The summed E-state index contributed by atoms with van der Waals surface area (Å²) in [7, 11) is 1.88. The van der Waals surface area contributed by atoms with Gasteiger partial charge in [-0.1, -0.05) is 18.2 Å². The van der Waals surface area contributed by atoms with Gasteiger partial charge in [0.05, 0.1) is 5.69 Å². The van der Waals surface area contributed by atoms with E-state index in [0.29, 0.717) is 5.92 Å². The number of para-hydroxylation sites is 1. The van der Waals surface area contributed by atoms with Crippen LogP contribution in [-0.2, 0) is 11.8 Å². The standard InChI is InChI=1S/C21H22N4O2/c1-25-19(12-17(24-25)13-7-8-13)23-21(26)15-10-16(11-15)27-18-6-2-4-14-5-3-9-22-20(14)18/h2-6,9,12-13,15-16H,7-8,10-11H2,1H3,(H,23,26)/t15-,16-. The molecule has 2 aliphatic rings. The van der Waals surface area contributed by atoms with Crippen LogP contribution in [0.1, 0.15) is 37.3 Å². The number of ether oxygens (including phenoxy) is 1. The van der Waals surface area contributed by atoms with E-state index in [1.807, 2.05) is 43.4 Å². The van der Waals surface area contributed by atoms with E-state index in [1.165, 1.54) is 12.8 Å². The van der Waals surface area contributed by atoms with E-state index in [-0.39, 0.29) is 17.9 Å². The number of carbonyl (C=O) groups is 1. The first-order valence-corrected chi connectivity index (χ1v) is 9.52. The van der Waals surface area contributed by atoms with Gasteiger partial charge in [0.15, 0.2) is 0 Å². The number of nitrogens with one attached hydrogen (secondary N) is 1.